The average molecular weight is 529 g/mol. The lowest BCUT2D eigenvalue weighted by Gasteiger charge is -2.38. The number of carbonyl (C=O) groups is 3. The monoisotopic (exact) mass is 528 g/mol. The molecule has 2 aliphatic heterocycles. The van der Waals surface area contributed by atoms with Crippen LogP contribution in [0.15, 0.2) is 30.5 Å². The Morgan fingerprint density at radius 3 is 2.29 bits per heavy atom. The van der Waals surface area contributed by atoms with Crippen LogP contribution in [0.3, 0.4) is 0 Å². The summed E-state index contributed by atoms with van der Waals surface area (Å²) in [6.45, 7) is 3.99. The SMILES string of the molecule is CC(C)(O)C(=O)N1CCN(c2ccc(C(F)(F)F)c(C3=C(c4c[nH]c5c4C=CCC5)C(=O)NC3=O)c2)CC1. The molecular formula is C27H27F3N4O4. The van der Waals surface area contributed by atoms with Crippen LogP contribution in [-0.4, -0.2) is 64.5 Å². The number of fused-ring (bicyclic) bond motifs is 1. The predicted molar refractivity (Wildman–Crippen MR) is 135 cm³/mol. The number of aromatic amines is 1. The summed E-state index contributed by atoms with van der Waals surface area (Å²) in [4.78, 5) is 44.7. The number of amides is 3. The van der Waals surface area contributed by atoms with Gasteiger partial charge in [0.15, 0.2) is 0 Å². The number of nitrogens with one attached hydrogen (secondary N) is 2. The fraction of sp³-hybridized carbons (Fsp3) is 0.370. The summed E-state index contributed by atoms with van der Waals surface area (Å²) in [6, 6.07) is 3.54. The van der Waals surface area contributed by atoms with Gasteiger partial charge in [-0.05, 0) is 44.9 Å². The molecule has 3 amide bonds. The molecule has 1 aromatic heterocycles. The van der Waals surface area contributed by atoms with Crippen molar-refractivity contribution in [3.8, 4) is 0 Å². The molecule has 200 valence electrons. The number of aryl methyl sites for hydroxylation is 1. The molecule has 0 bridgehead atoms. The van der Waals surface area contributed by atoms with E-state index in [2.05, 4.69) is 10.3 Å². The quantitative estimate of drug-likeness (QED) is 0.530. The molecule has 5 rings (SSSR count). The first kappa shape index (κ1) is 25.8. The summed E-state index contributed by atoms with van der Waals surface area (Å²) in [5.41, 5.74) is -0.988. The molecule has 1 fully saturated rings. The van der Waals surface area contributed by atoms with Crippen LogP contribution in [0, 0.1) is 0 Å². The average Bonchev–Trinajstić information content (AvgIpc) is 3.41. The van der Waals surface area contributed by atoms with Crippen LogP contribution in [-0.2, 0) is 27.0 Å². The molecule has 0 unspecified atom stereocenters. The Morgan fingerprint density at radius 1 is 1.00 bits per heavy atom. The Bertz CT molecular complexity index is 1390. The number of piperazine rings is 1. The van der Waals surface area contributed by atoms with Crippen LogP contribution in [0.5, 0.6) is 0 Å². The highest BCUT2D eigenvalue weighted by Gasteiger charge is 2.41. The van der Waals surface area contributed by atoms with E-state index in [4.69, 9.17) is 0 Å². The molecule has 0 radical (unpaired) electrons. The maximum Gasteiger partial charge on any atom is 0.417 e. The molecule has 3 aliphatic rings. The number of alkyl halides is 3. The zero-order valence-corrected chi connectivity index (χ0v) is 20.9. The summed E-state index contributed by atoms with van der Waals surface area (Å²) >= 11 is 0. The van der Waals surface area contributed by atoms with E-state index in [9.17, 15) is 32.7 Å². The molecule has 3 N–H and O–H groups in total. The predicted octanol–water partition coefficient (Wildman–Crippen LogP) is 2.98. The number of nitrogens with zero attached hydrogens (tertiary/aromatic N) is 2. The van der Waals surface area contributed by atoms with Crippen molar-refractivity contribution in [3.05, 3.63) is 58.4 Å². The molecule has 1 aliphatic carbocycles. The van der Waals surface area contributed by atoms with Crippen LogP contribution in [0.1, 0.15) is 48.2 Å². The van der Waals surface area contributed by atoms with Gasteiger partial charge in [-0.25, -0.2) is 0 Å². The normalized spacial score (nSPS) is 18.3. The number of hydrogen-bond acceptors (Lipinski definition) is 5. The lowest BCUT2D eigenvalue weighted by atomic mass is 9.90. The van der Waals surface area contributed by atoms with Crippen LogP contribution in [0.4, 0.5) is 18.9 Å². The maximum absolute atomic E-state index is 14.2. The van der Waals surface area contributed by atoms with Crippen molar-refractivity contribution in [2.24, 2.45) is 0 Å². The fourth-order valence-electron chi connectivity index (χ4n) is 5.22. The number of halogens is 3. The minimum atomic E-state index is -4.77. The van der Waals surface area contributed by atoms with Crippen molar-refractivity contribution >= 4 is 40.6 Å². The Morgan fingerprint density at radius 2 is 1.66 bits per heavy atom. The van der Waals surface area contributed by atoms with E-state index in [1.165, 1.54) is 30.9 Å². The van der Waals surface area contributed by atoms with Gasteiger partial charge in [0.25, 0.3) is 17.7 Å². The van der Waals surface area contributed by atoms with Crippen LogP contribution in [0.25, 0.3) is 17.2 Å². The highest BCUT2D eigenvalue weighted by atomic mass is 19.4. The third kappa shape index (κ3) is 4.51. The molecular weight excluding hydrogens is 501 g/mol. The van der Waals surface area contributed by atoms with Crippen molar-refractivity contribution in [1.29, 1.82) is 0 Å². The molecule has 2 aromatic rings. The van der Waals surface area contributed by atoms with Gasteiger partial charge in [-0.15, -0.1) is 0 Å². The second-order valence-corrected chi connectivity index (χ2v) is 10.1. The molecule has 11 heteroatoms. The molecule has 0 atom stereocenters. The Kier molecular flexibility index (Phi) is 6.21. The summed E-state index contributed by atoms with van der Waals surface area (Å²) in [5.74, 6) is -2.06. The molecule has 1 saturated heterocycles. The fourth-order valence-corrected chi connectivity index (χ4v) is 5.22. The zero-order valence-electron chi connectivity index (χ0n) is 20.9. The largest absolute Gasteiger partial charge is 0.417 e. The van der Waals surface area contributed by atoms with E-state index in [0.717, 1.165) is 18.2 Å². The first-order valence-corrected chi connectivity index (χ1v) is 12.3. The Hall–Kier alpha value is -3.86. The summed E-state index contributed by atoms with van der Waals surface area (Å²) < 4.78 is 42.5. The Balaban J connectivity index is 1.58. The van der Waals surface area contributed by atoms with Gasteiger partial charge in [0.2, 0.25) is 0 Å². The van der Waals surface area contributed by atoms with Gasteiger partial charge in [0.05, 0.1) is 16.7 Å². The van der Waals surface area contributed by atoms with E-state index >= 15 is 0 Å². The number of carbonyl (C=O) groups excluding carboxylic acids is 3. The second-order valence-electron chi connectivity index (χ2n) is 10.1. The highest BCUT2D eigenvalue weighted by molar-refractivity contribution is 6.49. The molecule has 1 aromatic carbocycles. The van der Waals surface area contributed by atoms with E-state index in [1.807, 2.05) is 11.0 Å². The van der Waals surface area contributed by atoms with Crippen LogP contribution >= 0.6 is 0 Å². The number of hydrogen-bond donors (Lipinski definition) is 3. The van der Waals surface area contributed by atoms with Crippen LogP contribution < -0.4 is 10.2 Å². The van der Waals surface area contributed by atoms with Crippen molar-refractivity contribution < 1.29 is 32.7 Å². The summed E-state index contributed by atoms with van der Waals surface area (Å²) in [5, 5.41) is 12.2. The Labute approximate surface area is 216 Å². The number of benzene rings is 1. The smallest absolute Gasteiger partial charge is 0.381 e. The minimum Gasteiger partial charge on any atom is -0.381 e. The first-order chi connectivity index (χ1) is 17.9. The van der Waals surface area contributed by atoms with Gasteiger partial charge >= 0.3 is 6.18 Å². The topological polar surface area (TPSA) is 106 Å². The lowest BCUT2D eigenvalue weighted by molar-refractivity contribution is -0.148. The third-order valence-electron chi connectivity index (χ3n) is 7.09. The van der Waals surface area contributed by atoms with Crippen molar-refractivity contribution in [2.75, 3.05) is 31.1 Å². The molecule has 3 heterocycles. The number of imide groups is 1. The van der Waals surface area contributed by atoms with Gasteiger partial charge in [-0.3, -0.25) is 19.7 Å². The molecule has 8 nitrogen and oxygen atoms in total. The van der Waals surface area contributed by atoms with Crippen molar-refractivity contribution in [3.63, 3.8) is 0 Å². The van der Waals surface area contributed by atoms with Gasteiger partial charge in [-0.1, -0.05) is 12.2 Å². The molecule has 0 saturated carbocycles. The van der Waals surface area contributed by atoms with Gasteiger partial charge < -0.3 is 19.9 Å². The highest BCUT2D eigenvalue weighted by Crippen LogP contribution is 2.42. The molecule has 0 spiro atoms. The van der Waals surface area contributed by atoms with Crippen LogP contribution in [0.2, 0.25) is 0 Å². The van der Waals surface area contributed by atoms with Crippen molar-refractivity contribution in [1.82, 2.24) is 15.2 Å². The lowest BCUT2D eigenvalue weighted by Crippen LogP contribution is -2.54. The van der Waals surface area contributed by atoms with E-state index in [1.54, 1.807) is 12.3 Å². The van der Waals surface area contributed by atoms with Gasteiger partial charge in [-0.2, -0.15) is 13.2 Å². The maximum atomic E-state index is 14.2. The minimum absolute atomic E-state index is 0.0951. The number of anilines is 1. The number of aliphatic hydroxyl groups is 1. The summed E-state index contributed by atoms with van der Waals surface area (Å²) in [6.07, 6.45) is 1.99. The van der Waals surface area contributed by atoms with E-state index in [-0.39, 0.29) is 29.8 Å². The molecule has 38 heavy (non-hydrogen) atoms. The third-order valence-corrected chi connectivity index (χ3v) is 7.09. The number of allylic oxidation sites excluding steroid dienone is 1. The van der Waals surface area contributed by atoms with Gasteiger partial charge in [0, 0.05) is 60.4 Å². The van der Waals surface area contributed by atoms with E-state index in [0.29, 0.717) is 36.3 Å². The first-order valence-electron chi connectivity index (χ1n) is 12.3. The van der Waals surface area contributed by atoms with Crippen molar-refractivity contribution in [2.45, 2.75) is 38.5 Å². The second kappa shape index (κ2) is 9.16. The van der Waals surface area contributed by atoms with Gasteiger partial charge in [0.1, 0.15) is 5.60 Å². The standard InChI is InChI=1S/C27H27F3N4O4/c1-26(2,38)25(37)34-11-9-33(10-12-34)15-7-8-19(27(28,29)30)17(13-15)21-22(24(36)32-23(21)35)18-14-31-20-6-4-3-5-16(18)20/h3,5,7-8,13-14,31,38H,4,6,9-12H2,1-2H3,(H,32,35,36). The number of aromatic nitrogens is 1. The number of H-pyrrole nitrogens is 1. The zero-order chi connectivity index (χ0) is 27.4. The summed E-state index contributed by atoms with van der Waals surface area (Å²) in [7, 11) is 0. The number of rotatable bonds is 4. The van der Waals surface area contributed by atoms with E-state index < -0.39 is 35.1 Å².